The standard InChI is InChI=1S/C9H12N2O3S/c1-9(4-2-3-5-14-9)8-11-10-6(15-8)7(12)13/h2-5H2,1H3,(H,12,13). The molecule has 1 fully saturated rings. The predicted molar refractivity (Wildman–Crippen MR) is 54.0 cm³/mol. The summed E-state index contributed by atoms with van der Waals surface area (Å²) in [6.45, 7) is 2.65. The summed E-state index contributed by atoms with van der Waals surface area (Å²) in [5.74, 6) is -1.03. The fraction of sp³-hybridized carbons (Fsp3) is 0.667. The van der Waals surface area contributed by atoms with Gasteiger partial charge < -0.3 is 9.84 Å². The van der Waals surface area contributed by atoms with E-state index in [0.717, 1.165) is 30.6 Å². The fourth-order valence-electron chi connectivity index (χ4n) is 1.63. The minimum atomic E-state index is -1.03. The summed E-state index contributed by atoms with van der Waals surface area (Å²) in [5.41, 5.74) is -0.441. The minimum Gasteiger partial charge on any atom is -0.476 e. The Hall–Kier alpha value is -1.01. The molecule has 6 heteroatoms. The van der Waals surface area contributed by atoms with Crippen molar-refractivity contribution in [3.05, 3.63) is 10.0 Å². The van der Waals surface area contributed by atoms with Crippen molar-refractivity contribution in [1.82, 2.24) is 10.2 Å². The molecule has 0 amide bonds. The number of hydrogen-bond donors (Lipinski definition) is 1. The largest absolute Gasteiger partial charge is 0.476 e. The lowest BCUT2D eigenvalue weighted by Gasteiger charge is -2.31. The maximum Gasteiger partial charge on any atom is 0.367 e. The van der Waals surface area contributed by atoms with Gasteiger partial charge in [-0.3, -0.25) is 0 Å². The number of hydrogen-bond acceptors (Lipinski definition) is 5. The van der Waals surface area contributed by atoms with Crippen LogP contribution in [0.25, 0.3) is 0 Å². The number of nitrogens with zero attached hydrogens (tertiary/aromatic N) is 2. The van der Waals surface area contributed by atoms with Gasteiger partial charge in [0.1, 0.15) is 10.6 Å². The first kappa shape index (κ1) is 10.5. The quantitative estimate of drug-likeness (QED) is 0.833. The molecule has 1 N–H and O–H groups in total. The zero-order chi connectivity index (χ0) is 10.9. The highest BCUT2D eigenvalue weighted by atomic mass is 32.1. The zero-order valence-electron chi connectivity index (χ0n) is 8.39. The summed E-state index contributed by atoms with van der Waals surface area (Å²) in [7, 11) is 0. The van der Waals surface area contributed by atoms with Crippen molar-refractivity contribution in [2.24, 2.45) is 0 Å². The number of aromatic carboxylic acids is 1. The van der Waals surface area contributed by atoms with E-state index in [-0.39, 0.29) is 5.01 Å². The average Bonchev–Trinajstić information content (AvgIpc) is 2.68. The Morgan fingerprint density at radius 2 is 2.33 bits per heavy atom. The van der Waals surface area contributed by atoms with E-state index in [0.29, 0.717) is 11.6 Å². The van der Waals surface area contributed by atoms with Gasteiger partial charge in [0.25, 0.3) is 0 Å². The van der Waals surface area contributed by atoms with Gasteiger partial charge in [0.05, 0.1) is 0 Å². The van der Waals surface area contributed by atoms with E-state index >= 15 is 0 Å². The average molecular weight is 228 g/mol. The topological polar surface area (TPSA) is 72.3 Å². The molecule has 0 aromatic carbocycles. The second kappa shape index (κ2) is 3.86. The minimum absolute atomic E-state index is 0.0281. The monoisotopic (exact) mass is 228 g/mol. The number of carboxylic acid groups (broad SMARTS) is 1. The third-order valence-corrected chi connectivity index (χ3v) is 3.69. The molecule has 1 aliphatic heterocycles. The fourth-order valence-corrected chi connectivity index (χ4v) is 2.44. The van der Waals surface area contributed by atoms with Crippen LogP contribution in [-0.2, 0) is 10.3 Å². The summed E-state index contributed by atoms with van der Waals surface area (Å²) in [6, 6.07) is 0. The molecule has 0 saturated carbocycles. The van der Waals surface area contributed by atoms with Crippen molar-refractivity contribution >= 4 is 17.3 Å². The van der Waals surface area contributed by atoms with Crippen molar-refractivity contribution in [2.75, 3.05) is 6.61 Å². The van der Waals surface area contributed by atoms with Crippen LogP contribution in [0.15, 0.2) is 0 Å². The van der Waals surface area contributed by atoms with Crippen LogP contribution in [-0.4, -0.2) is 27.9 Å². The molecule has 1 saturated heterocycles. The van der Waals surface area contributed by atoms with Crippen LogP contribution in [0.3, 0.4) is 0 Å². The lowest BCUT2D eigenvalue weighted by molar-refractivity contribution is -0.0705. The molecule has 15 heavy (non-hydrogen) atoms. The Morgan fingerprint density at radius 1 is 1.53 bits per heavy atom. The van der Waals surface area contributed by atoms with Crippen LogP contribution in [0.4, 0.5) is 0 Å². The first-order valence-corrected chi connectivity index (χ1v) is 5.65. The van der Waals surface area contributed by atoms with Gasteiger partial charge >= 0.3 is 5.97 Å². The molecule has 1 aromatic heterocycles. The van der Waals surface area contributed by atoms with Gasteiger partial charge in [0.15, 0.2) is 0 Å². The van der Waals surface area contributed by atoms with Gasteiger partial charge in [-0.2, -0.15) is 0 Å². The van der Waals surface area contributed by atoms with E-state index in [2.05, 4.69) is 10.2 Å². The van der Waals surface area contributed by atoms with E-state index in [1.807, 2.05) is 6.92 Å². The zero-order valence-corrected chi connectivity index (χ0v) is 9.21. The Labute approximate surface area is 91.1 Å². The van der Waals surface area contributed by atoms with Gasteiger partial charge in [0, 0.05) is 6.61 Å². The van der Waals surface area contributed by atoms with E-state index in [1.54, 1.807) is 0 Å². The third kappa shape index (κ3) is 2.00. The summed E-state index contributed by atoms with van der Waals surface area (Å²) in [6.07, 6.45) is 3.01. The maximum atomic E-state index is 10.7. The van der Waals surface area contributed by atoms with Gasteiger partial charge in [-0.15, -0.1) is 10.2 Å². The van der Waals surface area contributed by atoms with E-state index in [4.69, 9.17) is 9.84 Å². The van der Waals surface area contributed by atoms with Crippen LogP contribution < -0.4 is 0 Å². The Bertz CT molecular complexity index is 371. The molecular weight excluding hydrogens is 216 g/mol. The molecule has 0 bridgehead atoms. The van der Waals surface area contributed by atoms with E-state index in [1.165, 1.54) is 0 Å². The SMILES string of the molecule is CC1(c2nnc(C(=O)O)s2)CCCCO1. The number of carboxylic acids is 1. The summed E-state index contributed by atoms with van der Waals surface area (Å²) in [4.78, 5) is 10.7. The Kier molecular flexibility index (Phi) is 2.70. The van der Waals surface area contributed by atoms with Crippen LogP contribution in [0.1, 0.15) is 41.0 Å². The van der Waals surface area contributed by atoms with Crippen molar-refractivity contribution < 1.29 is 14.6 Å². The molecule has 1 aliphatic rings. The Morgan fingerprint density at radius 3 is 2.87 bits per heavy atom. The summed E-state index contributed by atoms with van der Waals surface area (Å²) in [5, 5.41) is 17.0. The van der Waals surface area contributed by atoms with Crippen LogP contribution in [0, 0.1) is 0 Å². The normalized spacial score (nSPS) is 26.5. The van der Waals surface area contributed by atoms with E-state index < -0.39 is 11.6 Å². The maximum absolute atomic E-state index is 10.7. The highest BCUT2D eigenvalue weighted by Crippen LogP contribution is 2.35. The molecule has 0 aliphatic carbocycles. The third-order valence-electron chi connectivity index (χ3n) is 2.53. The van der Waals surface area contributed by atoms with Crippen molar-refractivity contribution in [3.8, 4) is 0 Å². The number of carbonyl (C=O) groups is 1. The Balaban J connectivity index is 2.23. The lowest BCUT2D eigenvalue weighted by atomic mass is 9.97. The number of rotatable bonds is 2. The van der Waals surface area contributed by atoms with Gasteiger partial charge in [-0.05, 0) is 26.2 Å². The molecule has 0 radical (unpaired) electrons. The second-order valence-electron chi connectivity index (χ2n) is 3.75. The van der Waals surface area contributed by atoms with Crippen molar-refractivity contribution in [1.29, 1.82) is 0 Å². The van der Waals surface area contributed by atoms with Crippen LogP contribution >= 0.6 is 11.3 Å². The molecular formula is C9H12N2O3S. The molecule has 82 valence electrons. The van der Waals surface area contributed by atoms with Crippen LogP contribution in [0.2, 0.25) is 0 Å². The molecule has 1 atom stereocenters. The number of aromatic nitrogens is 2. The highest BCUT2D eigenvalue weighted by molar-refractivity contribution is 7.13. The van der Waals surface area contributed by atoms with Crippen LogP contribution in [0.5, 0.6) is 0 Å². The first-order valence-electron chi connectivity index (χ1n) is 4.83. The highest BCUT2D eigenvalue weighted by Gasteiger charge is 2.34. The molecule has 1 aromatic rings. The van der Waals surface area contributed by atoms with Crippen molar-refractivity contribution in [3.63, 3.8) is 0 Å². The second-order valence-corrected chi connectivity index (χ2v) is 4.73. The lowest BCUT2D eigenvalue weighted by Crippen LogP contribution is -2.29. The predicted octanol–water partition coefficient (Wildman–Crippen LogP) is 1.65. The molecule has 0 spiro atoms. The van der Waals surface area contributed by atoms with Gasteiger partial charge in [-0.25, -0.2) is 4.79 Å². The molecule has 2 heterocycles. The molecule has 2 rings (SSSR count). The molecule has 5 nitrogen and oxygen atoms in total. The number of ether oxygens (including phenoxy) is 1. The molecule has 1 unspecified atom stereocenters. The summed E-state index contributed by atoms with van der Waals surface area (Å²) >= 11 is 1.10. The van der Waals surface area contributed by atoms with Gasteiger partial charge in [0.2, 0.25) is 5.01 Å². The van der Waals surface area contributed by atoms with Gasteiger partial charge in [-0.1, -0.05) is 11.3 Å². The van der Waals surface area contributed by atoms with Crippen molar-refractivity contribution in [2.45, 2.75) is 31.8 Å². The summed E-state index contributed by atoms with van der Waals surface area (Å²) < 4.78 is 5.66. The smallest absolute Gasteiger partial charge is 0.367 e. The first-order chi connectivity index (χ1) is 7.12. The van der Waals surface area contributed by atoms with E-state index in [9.17, 15) is 4.79 Å².